The molecule has 0 saturated heterocycles. The fourth-order valence-corrected chi connectivity index (χ4v) is 6.82. The number of fused-ring (bicyclic) bond motifs is 6. The minimum absolute atomic E-state index is 0.596. The van der Waals surface area contributed by atoms with Crippen LogP contribution in [0.4, 0.5) is 0 Å². The van der Waals surface area contributed by atoms with Gasteiger partial charge in [-0.1, -0.05) is 115 Å². The third kappa shape index (κ3) is 4.83. The van der Waals surface area contributed by atoms with Crippen molar-refractivity contribution in [2.75, 3.05) is 0 Å². The topological polar surface area (TPSA) is 65.0 Å². The molecule has 5 nitrogen and oxygen atoms in total. The standard InChI is InChI=1S/C45H27N3O2/c1-3-10-28(11-4-1)43-46-44(29-12-5-2-6-13-29)48-45(47-43)34-18-21-36-38-26-33(20-23-41(38)50-42(36)27-34)31-15-9-14-30(24-31)32-19-22-40-37(25-32)35-16-7-8-17-39(35)49-40/h1-27H. The minimum atomic E-state index is 0.596. The Hall–Kier alpha value is -6.85. The van der Waals surface area contributed by atoms with Gasteiger partial charge in [-0.2, -0.15) is 0 Å². The van der Waals surface area contributed by atoms with Gasteiger partial charge in [0, 0.05) is 38.2 Å². The largest absolute Gasteiger partial charge is 0.456 e. The van der Waals surface area contributed by atoms with Gasteiger partial charge in [0.15, 0.2) is 17.5 Å². The van der Waals surface area contributed by atoms with Crippen molar-refractivity contribution in [2.24, 2.45) is 0 Å². The van der Waals surface area contributed by atoms with Crippen molar-refractivity contribution < 1.29 is 8.83 Å². The number of hydrogen-bond acceptors (Lipinski definition) is 5. The first-order valence-electron chi connectivity index (χ1n) is 16.6. The van der Waals surface area contributed by atoms with E-state index in [4.69, 9.17) is 23.8 Å². The van der Waals surface area contributed by atoms with Crippen LogP contribution in [0.5, 0.6) is 0 Å². The maximum Gasteiger partial charge on any atom is 0.164 e. The molecular weight excluding hydrogens is 615 g/mol. The van der Waals surface area contributed by atoms with Crippen LogP contribution in [-0.2, 0) is 0 Å². The summed E-state index contributed by atoms with van der Waals surface area (Å²) in [5.74, 6) is 1.85. The molecule has 0 bridgehead atoms. The van der Waals surface area contributed by atoms with Gasteiger partial charge in [-0.3, -0.25) is 0 Å². The van der Waals surface area contributed by atoms with Gasteiger partial charge in [-0.25, -0.2) is 15.0 Å². The molecule has 0 aliphatic heterocycles. The van der Waals surface area contributed by atoms with Gasteiger partial charge < -0.3 is 8.83 Å². The van der Waals surface area contributed by atoms with Gasteiger partial charge in [-0.05, 0) is 70.8 Å². The van der Waals surface area contributed by atoms with E-state index in [-0.39, 0.29) is 0 Å². The molecule has 50 heavy (non-hydrogen) atoms. The van der Waals surface area contributed by atoms with Crippen molar-refractivity contribution in [2.45, 2.75) is 0 Å². The summed E-state index contributed by atoms with van der Waals surface area (Å²) in [4.78, 5) is 14.6. The molecule has 5 heteroatoms. The van der Waals surface area contributed by atoms with Gasteiger partial charge in [0.1, 0.15) is 22.3 Å². The number of hydrogen-bond donors (Lipinski definition) is 0. The molecule has 0 N–H and O–H groups in total. The second-order valence-electron chi connectivity index (χ2n) is 12.5. The average Bonchev–Trinajstić information content (AvgIpc) is 3.75. The molecule has 0 aliphatic rings. The molecular formula is C45H27N3O2. The zero-order valence-electron chi connectivity index (χ0n) is 26.7. The summed E-state index contributed by atoms with van der Waals surface area (Å²) in [6.45, 7) is 0. The Balaban J connectivity index is 1.03. The van der Waals surface area contributed by atoms with E-state index in [1.165, 1.54) is 0 Å². The van der Waals surface area contributed by atoms with Gasteiger partial charge in [0.05, 0.1) is 0 Å². The molecule has 234 valence electrons. The Kier molecular flexibility index (Phi) is 6.42. The third-order valence-corrected chi connectivity index (χ3v) is 9.33. The van der Waals surface area contributed by atoms with E-state index >= 15 is 0 Å². The quantitative estimate of drug-likeness (QED) is 0.187. The summed E-state index contributed by atoms with van der Waals surface area (Å²) < 4.78 is 12.5. The van der Waals surface area contributed by atoms with Crippen LogP contribution in [0.15, 0.2) is 173 Å². The predicted octanol–water partition coefficient (Wildman–Crippen LogP) is 12.0. The zero-order chi connectivity index (χ0) is 33.0. The van der Waals surface area contributed by atoms with E-state index in [2.05, 4.69) is 84.9 Å². The lowest BCUT2D eigenvalue weighted by Crippen LogP contribution is -2.00. The summed E-state index contributed by atoms with van der Waals surface area (Å²) in [6.07, 6.45) is 0. The lowest BCUT2D eigenvalue weighted by atomic mass is 9.97. The maximum absolute atomic E-state index is 6.42. The number of rotatable bonds is 5. The molecule has 0 aliphatic carbocycles. The first-order chi connectivity index (χ1) is 24.7. The fourth-order valence-electron chi connectivity index (χ4n) is 6.82. The highest BCUT2D eigenvalue weighted by atomic mass is 16.3. The third-order valence-electron chi connectivity index (χ3n) is 9.33. The number of nitrogens with zero attached hydrogens (tertiary/aromatic N) is 3. The predicted molar refractivity (Wildman–Crippen MR) is 202 cm³/mol. The average molecular weight is 642 g/mol. The minimum Gasteiger partial charge on any atom is -0.456 e. The van der Waals surface area contributed by atoms with Crippen molar-refractivity contribution in [3.05, 3.63) is 164 Å². The number of furan rings is 2. The molecule has 0 unspecified atom stereocenters. The van der Waals surface area contributed by atoms with Gasteiger partial charge >= 0.3 is 0 Å². The molecule has 0 spiro atoms. The van der Waals surface area contributed by atoms with E-state index in [9.17, 15) is 0 Å². The van der Waals surface area contributed by atoms with Crippen molar-refractivity contribution in [1.82, 2.24) is 15.0 Å². The van der Waals surface area contributed by atoms with Crippen LogP contribution in [0.2, 0.25) is 0 Å². The summed E-state index contributed by atoms with van der Waals surface area (Å²) in [6, 6.07) is 55.9. The van der Waals surface area contributed by atoms with Crippen molar-refractivity contribution in [3.8, 4) is 56.4 Å². The van der Waals surface area contributed by atoms with E-state index in [0.717, 1.165) is 82.8 Å². The fraction of sp³-hybridized carbons (Fsp3) is 0. The maximum atomic E-state index is 6.42. The Labute approximate surface area is 287 Å². The number of aromatic nitrogens is 3. The van der Waals surface area contributed by atoms with Gasteiger partial charge in [0.2, 0.25) is 0 Å². The first kappa shape index (κ1) is 28.2. The van der Waals surface area contributed by atoms with Crippen LogP contribution in [0.3, 0.4) is 0 Å². The second-order valence-corrected chi connectivity index (χ2v) is 12.5. The smallest absolute Gasteiger partial charge is 0.164 e. The molecule has 10 rings (SSSR count). The zero-order valence-corrected chi connectivity index (χ0v) is 26.7. The number of para-hydroxylation sites is 1. The Morgan fingerprint density at radius 1 is 0.260 bits per heavy atom. The normalized spacial score (nSPS) is 11.6. The van der Waals surface area contributed by atoms with Crippen LogP contribution < -0.4 is 0 Å². The van der Waals surface area contributed by atoms with E-state index in [1.807, 2.05) is 78.9 Å². The highest BCUT2D eigenvalue weighted by molar-refractivity contribution is 6.08. The molecule has 3 heterocycles. The summed E-state index contributed by atoms with van der Waals surface area (Å²) in [7, 11) is 0. The summed E-state index contributed by atoms with van der Waals surface area (Å²) in [5, 5.41) is 4.36. The second kappa shape index (κ2) is 11.4. The highest BCUT2D eigenvalue weighted by Crippen LogP contribution is 2.37. The lowest BCUT2D eigenvalue weighted by Gasteiger charge is -2.08. The van der Waals surface area contributed by atoms with Crippen molar-refractivity contribution in [3.63, 3.8) is 0 Å². The van der Waals surface area contributed by atoms with Crippen LogP contribution in [-0.4, -0.2) is 15.0 Å². The molecule has 3 aromatic heterocycles. The molecule has 0 saturated carbocycles. The van der Waals surface area contributed by atoms with E-state index in [1.54, 1.807) is 0 Å². The molecule has 0 radical (unpaired) electrons. The Bertz CT molecular complexity index is 2810. The van der Waals surface area contributed by atoms with Crippen LogP contribution in [0.1, 0.15) is 0 Å². The summed E-state index contributed by atoms with van der Waals surface area (Å²) >= 11 is 0. The molecule has 10 aromatic rings. The molecule has 0 amide bonds. The van der Waals surface area contributed by atoms with E-state index in [0.29, 0.717) is 17.5 Å². The monoisotopic (exact) mass is 641 g/mol. The van der Waals surface area contributed by atoms with E-state index < -0.39 is 0 Å². The highest BCUT2D eigenvalue weighted by Gasteiger charge is 2.16. The Morgan fingerprint density at radius 2 is 0.700 bits per heavy atom. The van der Waals surface area contributed by atoms with Crippen molar-refractivity contribution >= 4 is 43.9 Å². The summed E-state index contributed by atoms with van der Waals surface area (Å²) in [5.41, 5.74) is 10.7. The molecule has 0 atom stereocenters. The van der Waals surface area contributed by atoms with Crippen molar-refractivity contribution in [1.29, 1.82) is 0 Å². The van der Waals surface area contributed by atoms with Crippen LogP contribution >= 0.6 is 0 Å². The Morgan fingerprint density at radius 3 is 1.32 bits per heavy atom. The van der Waals surface area contributed by atoms with Crippen LogP contribution in [0.25, 0.3) is 100 Å². The number of benzene rings is 7. The molecule has 0 fully saturated rings. The van der Waals surface area contributed by atoms with Gasteiger partial charge in [0.25, 0.3) is 0 Å². The lowest BCUT2D eigenvalue weighted by molar-refractivity contribution is 0.668. The van der Waals surface area contributed by atoms with Crippen LogP contribution in [0, 0.1) is 0 Å². The molecule has 7 aromatic carbocycles. The van der Waals surface area contributed by atoms with Gasteiger partial charge in [-0.15, -0.1) is 0 Å². The first-order valence-corrected chi connectivity index (χ1v) is 16.6. The SMILES string of the molecule is c1ccc(-c2nc(-c3ccccc3)nc(-c3ccc4c(c3)oc3ccc(-c5cccc(-c6ccc7oc8ccccc8c7c6)c5)cc34)n2)cc1.